The third-order valence-corrected chi connectivity index (χ3v) is 6.70. The number of para-hydroxylation sites is 1. The zero-order valence-electron chi connectivity index (χ0n) is 21.4. The zero-order valence-corrected chi connectivity index (χ0v) is 22.3. The second kappa shape index (κ2) is 16.2. The van der Waals surface area contributed by atoms with Gasteiger partial charge >= 0.3 is 12.3 Å². The standard InChI is InChI=1S/C18H21F3N2O3S.C3H6.C3H4.C2H6/c1-12(18(19,20)21)13(2)27(25)22-9-7-15(8-10-22)23-16-6-4-3-5-14(16)11-26-17(23)24;2*1-3-2;1-2/h3-6,15H,7-11H2,1-2H3;3H,1H2,2H3;1H,2H3;1-2H3/b13-12-;;;. The van der Waals surface area contributed by atoms with Gasteiger partial charge in [-0.15, -0.1) is 18.9 Å². The number of alkyl halides is 3. The minimum absolute atomic E-state index is 0.139. The van der Waals surface area contributed by atoms with E-state index in [0.29, 0.717) is 25.9 Å². The summed E-state index contributed by atoms with van der Waals surface area (Å²) >= 11 is 0. The van der Waals surface area contributed by atoms with Crippen LogP contribution in [0.3, 0.4) is 0 Å². The number of hydrogen-bond donors (Lipinski definition) is 0. The fourth-order valence-electron chi connectivity index (χ4n) is 3.31. The number of carbonyl (C=O) groups excluding carboxylic acids is 1. The second-order valence-corrected chi connectivity index (χ2v) is 8.97. The Morgan fingerprint density at radius 3 is 2.20 bits per heavy atom. The van der Waals surface area contributed by atoms with Gasteiger partial charge in [0.05, 0.1) is 5.69 Å². The van der Waals surface area contributed by atoms with E-state index in [0.717, 1.165) is 18.2 Å². The molecule has 9 heteroatoms. The molecular formula is C26H37F3N2O3S. The Balaban J connectivity index is 0.00000129. The molecule has 2 aliphatic heterocycles. The number of nitrogens with zero attached hydrogens (tertiary/aromatic N) is 2. The van der Waals surface area contributed by atoms with Crippen LogP contribution >= 0.6 is 0 Å². The maximum atomic E-state index is 12.8. The number of terminal acetylenes is 1. The van der Waals surface area contributed by atoms with Crippen molar-refractivity contribution < 1.29 is 26.9 Å². The van der Waals surface area contributed by atoms with Gasteiger partial charge in [-0.1, -0.05) is 38.1 Å². The highest BCUT2D eigenvalue weighted by atomic mass is 32.2. The van der Waals surface area contributed by atoms with Crippen molar-refractivity contribution in [3.63, 3.8) is 0 Å². The molecule has 2 aliphatic rings. The van der Waals surface area contributed by atoms with Crippen LogP contribution in [0.1, 0.15) is 59.9 Å². The van der Waals surface area contributed by atoms with E-state index >= 15 is 0 Å². The summed E-state index contributed by atoms with van der Waals surface area (Å²) in [4.78, 5) is 13.7. The van der Waals surface area contributed by atoms with Crippen molar-refractivity contribution in [1.29, 1.82) is 0 Å². The lowest BCUT2D eigenvalue weighted by molar-refractivity contribution is -0.0917. The van der Waals surface area contributed by atoms with Crippen molar-refractivity contribution in [2.75, 3.05) is 18.0 Å². The predicted octanol–water partition coefficient (Wildman–Crippen LogP) is 6.99. The summed E-state index contributed by atoms with van der Waals surface area (Å²) in [5.41, 5.74) is 0.900. The Morgan fingerprint density at radius 1 is 1.23 bits per heavy atom. The molecule has 1 aromatic carbocycles. The number of hydrogen-bond acceptors (Lipinski definition) is 3. The van der Waals surface area contributed by atoms with Crippen molar-refractivity contribution in [2.45, 2.75) is 73.2 Å². The van der Waals surface area contributed by atoms with Crippen LogP contribution in [0.2, 0.25) is 0 Å². The van der Waals surface area contributed by atoms with Crippen molar-refractivity contribution in [3.8, 4) is 12.3 Å². The zero-order chi connectivity index (χ0) is 27.2. The van der Waals surface area contributed by atoms with Gasteiger partial charge < -0.3 is 4.74 Å². The van der Waals surface area contributed by atoms with Crippen LogP contribution in [0, 0.1) is 12.3 Å². The van der Waals surface area contributed by atoms with Crippen molar-refractivity contribution in [2.24, 2.45) is 0 Å². The Kier molecular flexibility index (Phi) is 15.0. The van der Waals surface area contributed by atoms with Crippen molar-refractivity contribution in [1.82, 2.24) is 4.31 Å². The Labute approximate surface area is 210 Å². The van der Waals surface area contributed by atoms with Crippen molar-refractivity contribution in [3.05, 3.63) is 53.0 Å². The first-order valence-electron chi connectivity index (χ1n) is 11.4. The first kappa shape index (κ1) is 32.4. The molecule has 0 aromatic heterocycles. The average molecular weight is 515 g/mol. The highest BCUT2D eigenvalue weighted by Gasteiger charge is 2.37. The number of fused-ring (bicyclic) bond motifs is 1. The van der Waals surface area contributed by atoms with E-state index in [4.69, 9.17) is 4.74 Å². The van der Waals surface area contributed by atoms with Gasteiger partial charge in [0.2, 0.25) is 0 Å². The van der Waals surface area contributed by atoms with Gasteiger partial charge in [-0.2, -0.15) is 13.2 Å². The highest BCUT2D eigenvalue weighted by molar-refractivity contribution is 7.86. The lowest BCUT2D eigenvalue weighted by Gasteiger charge is -2.39. The van der Waals surface area contributed by atoms with Gasteiger partial charge in [0.25, 0.3) is 0 Å². The molecule has 1 fully saturated rings. The van der Waals surface area contributed by atoms with Gasteiger partial charge in [-0.05, 0) is 46.6 Å². The third-order valence-electron chi connectivity index (χ3n) is 5.04. The number of amides is 1. The molecule has 0 radical (unpaired) electrons. The van der Waals surface area contributed by atoms with Crippen LogP contribution in [0.25, 0.3) is 0 Å². The van der Waals surface area contributed by atoms with E-state index < -0.39 is 28.8 Å². The summed E-state index contributed by atoms with van der Waals surface area (Å²) in [6.45, 7) is 14.0. The van der Waals surface area contributed by atoms with Crippen LogP contribution in [0.5, 0.6) is 0 Å². The number of benzene rings is 1. The average Bonchev–Trinajstić information content (AvgIpc) is 2.84. The van der Waals surface area contributed by atoms with Crippen LogP contribution in [0.15, 0.2) is 47.4 Å². The fourth-order valence-corrected chi connectivity index (χ4v) is 4.62. The molecule has 5 nitrogen and oxygen atoms in total. The number of piperidine rings is 1. The smallest absolute Gasteiger partial charge is 0.414 e. The molecule has 2 heterocycles. The number of cyclic esters (lactones) is 1. The molecule has 0 saturated carbocycles. The Hall–Kier alpha value is -2.57. The number of allylic oxidation sites excluding steroid dienone is 3. The first-order valence-corrected chi connectivity index (χ1v) is 12.5. The van der Waals surface area contributed by atoms with Crippen molar-refractivity contribution >= 4 is 22.8 Å². The van der Waals surface area contributed by atoms with E-state index in [1.807, 2.05) is 45.0 Å². The third kappa shape index (κ3) is 9.54. The molecule has 1 amide bonds. The molecule has 3 rings (SSSR count). The number of ether oxygens (including phenoxy) is 1. The summed E-state index contributed by atoms with van der Waals surface area (Å²) in [7, 11) is -1.84. The van der Waals surface area contributed by atoms with Gasteiger partial charge in [-0.3, -0.25) is 4.90 Å². The SMILES string of the molecule is C#CC.C/C(=C(\C)C(F)(F)F)S(=O)N1CCC(N2C(=O)OCc3ccccc32)CC1.C=CC.CC. The van der Waals surface area contributed by atoms with E-state index in [1.54, 1.807) is 17.9 Å². The Morgan fingerprint density at radius 2 is 1.71 bits per heavy atom. The lowest BCUT2D eigenvalue weighted by atomic mass is 10.0. The Bertz CT molecular complexity index is 915. The van der Waals surface area contributed by atoms with E-state index in [9.17, 15) is 22.2 Å². The largest absolute Gasteiger partial charge is 0.444 e. The first-order chi connectivity index (χ1) is 16.5. The molecular weight excluding hydrogens is 477 g/mol. The van der Waals surface area contributed by atoms with E-state index in [-0.39, 0.29) is 17.6 Å². The highest BCUT2D eigenvalue weighted by Crippen LogP contribution is 2.33. The summed E-state index contributed by atoms with van der Waals surface area (Å²) in [5, 5.41) is 0. The quantitative estimate of drug-likeness (QED) is 0.323. The molecule has 0 bridgehead atoms. The van der Waals surface area contributed by atoms with Crippen LogP contribution < -0.4 is 4.90 Å². The molecule has 1 saturated heterocycles. The summed E-state index contributed by atoms with van der Waals surface area (Å²) < 4.78 is 57.8. The molecule has 35 heavy (non-hydrogen) atoms. The molecule has 1 unspecified atom stereocenters. The maximum Gasteiger partial charge on any atom is 0.414 e. The second-order valence-electron chi connectivity index (χ2n) is 7.34. The summed E-state index contributed by atoms with van der Waals surface area (Å²) in [6, 6.07) is 7.34. The molecule has 1 aromatic rings. The van der Waals surface area contributed by atoms with Gasteiger partial charge in [0.15, 0.2) is 0 Å². The summed E-state index contributed by atoms with van der Waals surface area (Å²) in [6.07, 6.45) is 2.46. The number of halogens is 3. The minimum atomic E-state index is -4.49. The van der Waals surface area contributed by atoms with E-state index in [2.05, 4.69) is 18.9 Å². The molecule has 0 aliphatic carbocycles. The maximum absolute atomic E-state index is 12.8. The number of anilines is 1. The van der Waals surface area contributed by atoms with Crippen LogP contribution in [-0.2, 0) is 22.3 Å². The van der Waals surface area contributed by atoms with Gasteiger partial charge in [-0.25, -0.2) is 13.3 Å². The van der Waals surface area contributed by atoms with Crippen LogP contribution in [0.4, 0.5) is 23.7 Å². The molecule has 0 N–H and O–H groups in total. The molecule has 1 atom stereocenters. The minimum Gasteiger partial charge on any atom is -0.444 e. The van der Waals surface area contributed by atoms with Crippen LogP contribution in [-0.4, -0.2) is 39.9 Å². The topological polar surface area (TPSA) is 49.9 Å². The molecule has 196 valence electrons. The lowest BCUT2D eigenvalue weighted by Crippen LogP contribution is -2.49. The molecule has 0 spiro atoms. The number of carbonyl (C=O) groups is 1. The predicted molar refractivity (Wildman–Crippen MR) is 138 cm³/mol. The fraction of sp³-hybridized carbons (Fsp3) is 0.500. The number of rotatable bonds is 3. The van der Waals surface area contributed by atoms with E-state index in [1.165, 1.54) is 11.2 Å². The summed E-state index contributed by atoms with van der Waals surface area (Å²) in [5.74, 6) is 2.25. The van der Waals surface area contributed by atoms with Gasteiger partial charge in [0.1, 0.15) is 17.6 Å². The van der Waals surface area contributed by atoms with Gasteiger partial charge in [0, 0.05) is 35.2 Å². The normalized spacial score (nSPS) is 17.3. The monoisotopic (exact) mass is 514 g/mol.